The van der Waals surface area contributed by atoms with E-state index in [9.17, 15) is 0 Å². The molecule has 0 amide bonds. The van der Waals surface area contributed by atoms with Crippen LogP contribution in [0, 0.1) is 0 Å². The Kier molecular flexibility index (Phi) is 6.27. The van der Waals surface area contributed by atoms with Gasteiger partial charge in [-0.3, -0.25) is 4.57 Å². The molecule has 7 aromatic carbocycles. The average molecular weight is 680 g/mol. The number of furan rings is 1. The van der Waals surface area contributed by atoms with Crippen molar-refractivity contribution < 1.29 is 4.42 Å². The molecule has 3 aromatic heterocycles. The average Bonchev–Trinajstić information content (AvgIpc) is 3.82. The van der Waals surface area contributed by atoms with Gasteiger partial charge in [0.25, 0.3) is 0 Å². The number of nitrogens with zero attached hydrogens (tertiary/aromatic N) is 3. The van der Waals surface area contributed by atoms with Gasteiger partial charge in [0.2, 0.25) is 0 Å². The maximum atomic E-state index is 6.52. The summed E-state index contributed by atoms with van der Waals surface area (Å²) in [7, 11) is 0. The molecule has 0 atom stereocenters. The van der Waals surface area contributed by atoms with E-state index in [2.05, 4.69) is 158 Å². The van der Waals surface area contributed by atoms with Crippen molar-refractivity contribution in [2.24, 2.45) is 0 Å². The van der Waals surface area contributed by atoms with Crippen molar-refractivity contribution in [2.75, 3.05) is 0 Å². The molecule has 250 valence electrons. The monoisotopic (exact) mass is 679 g/mol. The molecule has 0 aliphatic heterocycles. The van der Waals surface area contributed by atoms with Gasteiger partial charge in [0.1, 0.15) is 17.0 Å². The Morgan fingerprint density at radius 2 is 1.13 bits per heavy atom. The van der Waals surface area contributed by atoms with Gasteiger partial charge in [-0.25, -0.2) is 9.97 Å². The summed E-state index contributed by atoms with van der Waals surface area (Å²) in [4.78, 5) is 10.3. The molecule has 0 saturated heterocycles. The molecule has 11 rings (SSSR count). The second-order valence-corrected chi connectivity index (χ2v) is 14.6. The lowest BCUT2D eigenvalue weighted by Gasteiger charge is -2.21. The maximum Gasteiger partial charge on any atom is 0.162 e. The zero-order valence-corrected chi connectivity index (χ0v) is 29.3. The molecule has 0 radical (unpaired) electrons. The van der Waals surface area contributed by atoms with E-state index < -0.39 is 0 Å². The van der Waals surface area contributed by atoms with Crippen molar-refractivity contribution in [1.29, 1.82) is 0 Å². The van der Waals surface area contributed by atoms with Gasteiger partial charge >= 0.3 is 0 Å². The fourth-order valence-corrected chi connectivity index (χ4v) is 8.57. The second-order valence-electron chi connectivity index (χ2n) is 14.6. The molecule has 1 aliphatic rings. The summed E-state index contributed by atoms with van der Waals surface area (Å²) in [5.74, 6) is 1.52. The van der Waals surface area contributed by atoms with Crippen molar-refractivity contribution in [3.8, 4) is 50.7 Å². The van der Waals surface area contributed by atoms with E-state index >= 15 is 0 Å². The zero-order chi connectivity index (χ0) is 35.3. The molecule has 0 unspecified atom stereocenters. The predicted molar refractivity (Wildman–Crippen MR) is 218 cm³/mol. The Balaban J connectivity index is 1.11. The van der Waals surface area contributed by atoms with E-state index in [1.165, 1.54) is 33.0 Å². The summed E-state index contributed by atoms with van der Waals surface area (Å²) in [6, 6.07) is 58.1. The van der Waals surface area contributed by atoms with Crippen LogP contribution in [0.4, 0.5) is 0 Å². The minimum atomic E-state index is -0.0779. The van der Waals surface area contributed by atoms with Crippen LogP contribution in [0.25, 0.3) is 94.5 Å². The summed E-state index contributed by atoms with van der Waals surface area (Å²) in [6.45, 7) is 4.62. The smallest absolute Gasteiger partial charge is 0.162 e. The predicted octanol–water partition coefficient (Wildman–Crippen LogP) is 12.8. The molecule has 4 nitrogen and oxygen atoms in total. The first-order chi connectivity index (χ1) is 26.0. The Morgan fingerprint density at radius 3 is 1.98 bits per heavy atom. The highest BCUT2D eigenvalue weighted by Crippen LogP contribution is 2.51. The van der Waals surface area contributed by atoms with Crippen molar-refractivity contribution in [1.82, 2.24) is 14.5 Å². The molecule has 0 spiro atoms. The minimum absolute atomic E-state index is 0.0779. The third-order valence-electron chi connectivity index (χ3n) is 11.2. The van der Waals surface area contributed by atoms with E-state index in [4.69, 9.17) is 14.4 Å². The van der Waals surface area contributed by atoms with Crippen LogP contribution >= 0.6 is 0 Å². The SMILES string of the molecule is CC1(C)c2ccccc2-c2cc3c(cc21)oc1ccc(-c2ccc4c5ccccc5n(-c5cc(-c6ccccc6)nc(-c6ccccc6)n5)c4c2)cc13. The number of aromatic nitrogens is 3. The van der Waals surface area contributed by atoms with Crippen LogP contribution in [-0.4, -0.2) is 14.5 Å². The lowest BCUT2D eigenvalue weighted by molar-refractivity contribution is 0.647. The highest BCUT2D eigenvalue weighted by Gasteiger charge is 2.36. The van der Waals surface area contributed by atoms with Crippen LogP contribution < -0.4 is 0 Å². The van der Waals surface area contributed by atoms with Crippen molar-refractivity contribution in [3.63, 3.8) is 0 Å². The van der Waals surface area contributed by atoms with Crippen LogP contribution in [0.15, 0.2) is 168 Å². The van der Waals surface area contributed by atoms with Gasteiger partial charge in [-0.05, 0) is 69.8 Å². The van der Waals surface area contributed by atoms with E-state index in [1.807, 2.05) is 24.3 Å². The number of para-hydroxylation sites is 1. The summed E-state index contributed by atoms with van der Waals surface area (Å²) in [5.41, 5.74) is 14.4. The van der Waals surface area contributed by atoms with Crippen molar-refractivity contribution in [2.45, 2.75) is 19.3 Å². The molecule has 4 heteroatoms. The van der Waals surface area contributed by atoms with Gasteiger partial charge in [0, 0.05) is 44.2 Å². The Morgan fingerprint density at radius 1 is 0.453 bits per heavy atom. The van der Waals surface area contributed by atoms with Gasteiger partial charge in [0.15, 0.2) is 5.82 Å². The Bertz CT molecular complexity index is 3020. The van der Waals surface area contributed by atoms with E-state index in [-0.39, 0.29) is 5.41 Å². The van der Waals surface area contributed by atoms with Crippen LogP contribution in [0.3, 0.4) is 0 Å². The van der Waals surface area contributed by atoms with Gasteiger partial charge in [-0.2, -0.15) is 0 Å². The van der Waals surface area contributed by atoms with Crippen LogP contribution in [0.1, 0.15) is 25.0 Å². The van der Waals surface area contributed by atoms with Gasteiger partial charge in [-0.15, -0.1) is 0 Å². The lowest BCUT2D eigenvalue weighted by Crippen LogP contribution is -2.14. The van der Waals surface area contributed by atoms with Crippen molar-refractivity contribution in [3.05, 3.63) is 175 Å². The zero-order valence-electron chi connectivity index (χ0n) is 29.3. The largest absolute Gasteiger partial charge is 0.456 e. The van der Waals surface area contributed by atoms with Gasteiger partial charge in [-0.1, -0.05) is 135 Å². The third-order valence-corrected chi connectivity index (χ3v) is 11.2. The minimum Gasteiger partial charge on any atom is -0.456 e. The molecule has 0 N–H and O–H groups in total. The van der Waals surface area contributed by atoms with Crippen molar-refractivity contribution >= 4 is 43.7 Å². The molecular weight excluding hydrogens is 647 g/mol. The maximum absolute atomic E-state index is 6.52. The van der Waals surface area contributed by atoms with Crippen LogP contribution in [0.5, 0.6) is 0 Å². The van der Waals surface area contributed by atoms with E-state index in [0.717, 1.165) is 66.7 Å². The first-order valence-electron chi connectivity index (χ1n) is 18.2. The molecule has 0 saturated carbocycles. The number of benzene rings is 7. The van der Waals surface area contributed by atoms with Crippen LogP contribution in [0.2, 0.25) is 0 Å². The number of hydrogen-bond donors (Lipinski definition) is 0. The third kappa shape index (κ3) is 4.49. The Labute approximate surface area is 306 Å². The molecule has 3 heterocycles. The molecule has 10 aromatic rings. The highest BCUT2D eigenvalue weighted by atomic mass is 16.3. The van der Waals surface area contributed by atoms with Crippen LogP contribution in [-0.2, 0) is 5.41 Å². The number of hydrogen-bond acceptors (Lipinski definition) is 3. The summed E-state index contributed by atoms with van der Waals surface area (Å²) in [5, 5.41) is 4.63. The topological polar surface area (TPSA) is 43.9 Å². The lowest BCUT2D eigenvalue weighted by atomic mass is 9.82. The first kappa shape index (κ1) is 29.9. The molecule has 0 fully saturated rings. The van der Waals surface area contributed by atoms with Gasteiger partial charge < -0.3 is 4.42 Å². The fourth-order valence-electron chi connectivity index (χ4n) is 8.57. The summed E-state index contributed by atoms with van der Waals surface area (Å²) in [6.07, 6.45) is 0. The normalized spacial score (nSPS) is 13.2. The number of rotatable bonds is 4. The standard InChI is InChI=1S/C49H33N3O/c1-49(2)40-19-11-9-17-34(40)37-27-39-38-25-32(22-24-45(38)53-46(39)28-41(37)49)33-21-23-36-35-18-10-12-20-43(35)52(44(36)26-33)47-29-42(30-13-5-3-6-14-30)50-48(51-47)31-15-7-4-8-16-31/h3-29H,1-2H3. The molecule has 1 aliphatic carbocycles. The highest BCUT2D eigenvalue weighted by molar-refractivity contribution is 6.11. The summed E-state index contributed by atoms with van der Waals surface area (Å²) >= 11 is 0. The number of fused-ring (bicyclic) bond motifs is 9. The van der Waals surface area contributed by atoms with Gasteiger partial charge in [0.05, 0.1) is 16.7 Å². The quantitative estimate of drug-likeness (QED) is 0.186. The fraction of sp³-hybridized carbons (Fsp3) is 0.0612. The molecule has 0 bridgehead atoms. The molecular formula is C49H33N3O. The first-order valence-corrected chi connectivity index (χ1v) is 18.2. The Hall–Kier alpha value is -6.78. The molecule has 53 heavy (non-hydrogen) atoms. The summed E-state index contributed by atoms with van der Waals surface area (Å²) < 4.78 is 8.82. The van der Waals surface area contributed by atoms with E-state index in [0.29, 0.717) is 5.82 Å². The second kappa shape index (κ2) is 11.1. The van der Waals surface area contributed by atoms with E-state index in [1.54, 1.807) is 0 Å².